The van der Waals surface area contributed by atoms with Crippen molar-refractivity contribution >= 4 is 11.9 Å². The Bertz CT molecular complexity index is 1390. The molecule has 0 spiro atoms. The number of alkyl halides is 3. The van der Waals surface area contributed by atoms with Gasteiger partial charge in [-0.15, -0.1) is 0 Å². The summed E-state index contributed by atoms with van der Waals surface area (Å²) in [5.74, 6) is -0.872. The highest BCUT2D eigenvalue weighted by molar-refractivity contribution is 5.95. The van der Waals surface area contributed by atoms with Crippen molar-refractivity contribution in [2.75, 3.05) is 6.54 Å². The van der Waals surface area contributed by atoms with E-state index in [-0.39, 0.29) is 30.5 Å². The van der Waals surface area contributed by atoms with Gasteiger partial charge in [0.2, 0.25) is 0 Å². The predicted molar refractivity (Wildman–Crippen MR) is 146 cm³/mol. The molecule has 1 aliphatic heterocycles. The van der Waals surface area contributed by atoms with E-state index in [2.05, 4.69) is 45.0 Å². The van der Waals surface area contributed by atoms with Gasteiger partial charge in [0, 0.05) is 31.5 Å². The Kier molecular flexibility index (Phi) is 8.01. The Hall–Kier alpha value is -3.81. The molecule has 0 radical (unpaired) electrons. The van der Waals surface area contributed by atoms with Crippen LogP contribution in [0.5, 0.6) is 5.75 Å². The first-order valence-corrected chi connectivity index (χ1v) is 13.2. The zero-order valence-electron chi connectivity index (χ0n) is 23.1. The highest BCUT2D eigenvalue weighted by Crippen LogP contribution is 2.38. The molecule has 0 unspecified atom stereocenters. The highest BCUT2D eigenvalue weighted by atomic mass is 19.4. The number of carboxylic acids is 1. The fourth-order valence-corrected chi connectivity index (χ4v) is 5.04. The minimum Gasteiger partial charge on any atom is -0.487 e. The second-order valence-corrected chi connectivity index (χ2v) is 11.7. The van der Waals surface area contributed by atoms with E-state index in [1.807, 2.05) is 6.92 Å². The van der Waals surface area contributed by atoms with Gasteiger partial charge in [-0.2, -0.15) is 13.2 Å². The number of hydrogen-bond donors (Lipinski definition) is 1. The van der Waals surface area contributed by atoms with Gasteiger partial charge in [-0.25, -0.2) is 0 Å². The zero-order valence-corrected chi connectivity index (χ0v) is 23.1. The fraction of sp³-hybridized carbons (Fsp3) is 0.375. The summed E-state index contributed by atoms with van der Waals surface area (Å²) in [7, 11) is 0. The first-order valence-electron chi connectivity index (χ1n) is 13.2. The van der Waals surface area contributed by atoms with Crippen molar-refractivity contribution in [1.29, 1.82) is 0 Å². The maximum absolute atomic E-state index is 13.5. The van der Waals surface area contributed by atoms with Crippen LogP contribution in [0, 0.1) is 0 Å². The van der Waals surface area contributed by atoms with Crippen molar-refractivity contribution < 1.29 is 32.6 Å². The number of rotatable bonds is 8. The number of aliphatic carboxylic acids is 1. The van der Waals surface area contributed by atoms with Gasteiger partial charge in [-0.3, -0.25) is 9.59 Å². The maximum atomic E-state index is 13.5. The summed E-state index contributed by atoms with van der Waals surface area (Å²) in [6.07, 6.45) is -3.60. The molecular weight excluding hydrogens is 519 g/mol. The molecule has 4 rings (SSSR count). The number of amides is 1. The van der Waals surface area contributed by atoms with Crippen LogP contribution in [0.15, 0.2) is 66.7 Å². The van der Waals surface area contributed by atoms with E-state index in [1.54, 1.807) is 18.2 Å². The molecule has 1 amide bonds. The lowest BCUT2D eigenvalue weighted by Crippen LogP contribution is -2.33. The van der Waals surface area contributed by atoms with E-state index in [4.69, 9.17) is 4.74 Å². The van der Waals surface area contributed by atoms with Gasteiger partial charge in [0.25, 0.3) is 5.91 Å². The molecule has 5 nitrogen and oxygen atoms in total. The number of fused-ring (bicyclic) bond motifs is 1. The van der Waals surface area contributed by atoms with Crippen molar-refractivity contribution in [2.24, 2.45) is 0 Å². The van der Waals surface area contributed by atoms with Crippen molar-refractivity contribution in [1.82, 2.24) is 4.90 Å². The van der Waals surface area contributed by atoms with E-state index < -0.39 is 29.2 Å². The lowest BCUT2D eigenvalue weighted by molar-refractivity contribution is -0.138. The van der Waals surface area contributed by atoms with Crippen LogP contribution < -0.4 is 4.74 Å². The normalized spacial score (nSPS) is 16.8. The van der Waals surface area contributed by atoms with Gasteiger partial charge in [0.05, 0.1) is 12.0 Å². The van der Waals surface area contributed by atoms with E-state index in [1.165, 1.54) is 22.6 Å². The Balaban J connectivity index is 1.52. The van der Waals surface area contributed by atoms with Crippen LogP contribution in [0.1, 0.15) is 72.3 Å². The van der Waals surface area contributed by atoms with Crippen LogP contribution in [-0.4, -0.2) is 34.0 Å². The summed E-state index contributed by atoms with van der Waals surface area (Å²) < 4.78 is 45.9. The van der Waals surface area contributed by atoms with Crippen LogP contribution >= 0.6 is 0 Å². The molecule has 1 aliphatic rings. The molecule has 0 saturated heterocycles. The van der Waals surface area contributed by atoms with E-state index in [9.17, 15) is 27.9 Å². The first-order chi connectivity index (χ1) is 18.6. The Morgan fingerprint density at radius 1 is 0.950 bits per heavy atom. The average molecular weight is 554 g/mol. The van der Waals surface area contributed by atoms with E-state index >= 15 is 0 Å². The monoisotopic (exact) mass is 553 g/mol. The van der Waals surface area contributed by atoms with Crippen LogP contribution in [-0.2, 0) is 35.8 Å². The maximum Gasteiger partial charge on any atom is 0.416 e. The van der Waals surface area contributed by atoms with Crippen molar-refractivity contribution in [3.05, 3.63) is 100 Å². The van der Waals surface area contributed by atoms with Gasteiger partial charge in [-0.1, -0.05) is 57.2 Å². The molecule has 0 saturated carbocycles. The Labute approximate surface area is 232 Å². The lowest BCUT2D eigenvalue weighted by Gasteiger charge is -2.25. The second-order valence-electron chi connectivity index (χ2n) is 11.7. The van der Waals surface area contributed by atoms with Gasteiger partial charge in [0.15, 0.2) is 0 Å². The average Bonchev–Trinajstić information content (AvgIpc) is 3.20. The van der Waals surface area contributed by atoms with Crippen LogP contribution in [0.4, 0.5) is 13.2 Å². The second kappa shape index (κ2) is 11.0. The summed E-state index contributed by atoms with van der Waals surface area (Å²) in [4.78, 5) is 26.0. The number of carbonyl (C=O) groups excluding carboxylic acids is 1. The number of halogens is 3. The van der Waals surface area contributed by atoms with Gasteiger partial charge < -0.3 is 14.7 Å². The third kappa shape index (κ3) is 7.03. The molecule has 1 heterocycles. The minimum absolute atomic E-state index is 0.0605. The number of hydrogen-bond acceptors (Lipinski definition) is 3. The molecular formula is C32H34F3NO4. The van der Waals surface area contributed by atoms with Crippen LogP contribution in [0.3, 0.4) is 0 Å². The number of carboxylic acid groups (broad SMARTS) is 1. The van der Waals surface area contributed by atoms with Crippen molar-refractivity contribution in [2.45, 2.75) is 70.7 Å². The first kappa shape index (κ1) is 29.2. The third-order valence-corrected chi connectivity index (χ3v) is 7.14. The smallest absolute Gasteiger partial charge is 0.416 e. The number of ether oxygens (including phenoxy) is 1. The number of carbonyl (C=O) groups is 2. The predicted octanol–water partition coefficient (Wildman–Crippen LogP) is 7.06. The topological polar surface area (TPSA) is 66.8 Å². The fourth-order valence-electron chi connectivity index (χ4n) is 5.04. The summed E-state index contributed by atoms with van der Waals surface area (Å²) in [6, 6.07) is 18.3. The summed E-state index contributed by atoms with van der Waals surface area (Å²) in [5.41, 5.74) is 2.58. The largest absolute Gasteiger partial charge is 0.487 e. The number of nitrogens with zero attached hydrogens (tertiary/aromatic N) is 1. The molecule has 1 atom stereocenters. The van der Waals surface area contributed by atoms with Gasteiger partial charge in [-0.05, 0) is 64.9 Å². The van der Waals surface area contributed by atoms with Gasteiger partial charge >= 0.3 is 12.1 Å². The molecule has 1 N–H and O–H groups in total. The molecule has 3 aromatic carbocycles. The molecule has 40 heavy (non-hydrogen) atoms. The van der Waals surface area contributed by atoms with E-state index in [0.29, 0.717) is 24.2 Å². The van der Waals surface area contributed by atoms with Crippen LogP contribution in [0.2, 0.25) is 0 Å². The standard InChI is InChI=1S/C32H34F3NO4/c1-30(2,3)25-11-8-21(9-12-25)18-31(4)19-24-17-23(10-13-27(24)40-31)29(39)36(15-14-28(37)38)20-22-6-5-7-26(16-22)32(33,34)35/h5-13,16-17H,14-15,18-20H2,1-4H3,(H,37,38)/t31-/m1/s1. The molecule has 0 aliphatic carbocycles. The lowest BCUT2D eigenvalue weighted by atomic mass is 9.85. The molecule has 0 fully saturated rings. The molecule has 212 valence electrons. The van der Waals surface area contributed by atoms with Crippen LogP contribution in [0.25, 0.3) is 0 Å². The Morgan fingerprint density at radius 2 is 1.65 bits per heavy atom. The summed E-state index contributed by atoms with van der Waals surface area (Å²) in [5, 5.41) is 9.19. The molecule has 0 bridgehead atoms. The molecule has 8 heteroatoms. The van der Waals surface area contributed by atoms with Crippen molar-refractivity contribution in [3.8, 4) is 5.75 Å². The molecule has 0 aromatic heterocycles. The third-order valence-electron chi connectivity index (χ3n) is 7.14. The Morgan fingerprint density at radius 3 is 2.27 bits per heavy atom. The highest BCUT2D eigenvalue weighted by Gasteiger charge is 2.36. The van der Waals surface area contributed by atoms with Gasteiger partial charge in [0.1, 0.15) is 11.4 Å². The van der Waals surface area contributed by atoms with Crippen molar-refractivity contribution in [3.63, 3.8) is 0 Å². The quantitative estimate of drug-likeness (QED) is 0.324. The molecule has 3 aromatic rings. The summed E-state index contributed by atoms with van der Waals surface area (Å²) in [6.45, 7) is 8.25. The SMILES string of the molecule is CC(C)(C)c1ccc(C[C@]2(C)Cc3cc(C(=O)N(CCC(=O)O)Cc4cccc(C(F)(F)F)c4)ccc3O2)cc1. The minimum atomic E-state index is -4.52. The number of benzene rings is 3. The van der Waals surface area contributed by atoms with E-state index in [0.717, 1.165) is 23.3 Å². The summed E-state index contributed by atoms with van der Waals surface area (Å²) >= 11 is 0. The zero-order chi connectivity index (χ0) is 29.3.